The van der Waals surface area contributed by atoms with Gasteiger partial charge in [-0.3, -0.25) is 4.79 Å². The van der Waals surface area contributed by atoms with E-state index in [9.17, 15) is 4.79 Å². The van der Waals surface area contributed by atoms with Crippen molar-refractivity contribution in [2.75, 3.05) is 13.7 Å². The molecule has 4 nitrogen and oxygen atoms in total. The van der Waals surface area contributed by atoms with Gasteiger partial charge in [-0.1, -0.05) is 6.07 Å². The first-order chi connectivity index (χ1) is 9.06. The Morgan fingerprint density at radius 2 is 2.11 bits per heavy atom. The lowest BCUT2D eigenvalue weighted by Crippen LogP contribution is -2.28. The third kappa shape index (κ3) is 5.04. The van der Waals surface area contributed by atoms with Gasteiger partial charge in [0.25, 0.3) is 0 Å². The summed E-state index contributed by atoms with van der Waals surface area (Å²) < 4.78 is 10.7. The summed E-state index contributed by atoms with van der Waals surface area (Å²) in [5.41, 5.74) is 0.888. The minimum atomic E-state index is -0.108. The van der Waals surface area contributed by atoms with Crippen LogP contribution in [0, 0.1) is 0 Å². The van der Waals surface area contributed by atoms with Crippen LogP contribution in [0.15, 0.2) is 24.3 Å². The summed E-state index contributed by atoms with van der Waals surface area (Å²) in [6.45, 7) is 6.35. The van der Waals surface area contributed by atoms with Gasteiger partial charge in [0.1, 0.15) is 0 Å². The van der Waals surface area contributed by atoms with Gasteiger partial charge in [-0.15, -0.1) is 0 Å². The highest BCUT2D eigenvalue weighted by Crippen LogP contribution is 2.28. The number of carbonyl (C=O) groups is 1. The lowest BCUT2D eigenvalue weighted by molar-refractivity contribution is -0.116. The van der Waals surface area contributed by atoms with E-state index in [1.807, 2.05) is 39.0 Å². The van der Waals surface area contributed by atoms with Gasteiger partial charge >= 0.3 is 0 Å². The molecule has 4 heteroatoms. The topological polar surface area (TPSA) is 47.6 Å². The predicted molar refractivity (Wildman–Crippen MR) is 76.5 cm³/mol. The number of ether oxygens (including phenoxy) is 2. The SMILES string of the molecule is CCOc1ccc(/C=C/C(=O)NC(C)C)cc1OC. The van der Waals surface area contributed by atoms with Gasteiger partial charge in [-0.25, -0.2) is 0 Å². The number of amides is 1. The highest BCUT2D eigenvalue weighted by Gasteiger charge is 2.04. The smallest absolute Gasteiger partial charge is 0.244 e. The fourth-order valence-corrected chi connectivity index (χ4v) is 1.57. The molecule has 1 amide bonds. The molecule has 0 aliphatic rings. The predicted octanol–water partition coefficient (Wildman–Crippen LogP) is 2.63. The maximum atomic E-state index is 11.5. The molecule has 0 spiro atoms. The molecule has 1 N–H and O–H groups in total. The summed E-state index contributed by atoms with van der Waals surface area (Å²) in [7, 11) is 1.59. The summed E-state index contributed by atoms with van der Waals surface area (Å²) in [4.78, 5) is 11.5. The van der Waals surface area contributed by atoms with E-state index in [-0.39, 0.29) is 11.9 Å². The Kier molecular flexibility index (Phi) is 5.93. The molecule has 0 saturated carbocycles. The first-order valence-corrected chi connectivity index (χ1v) is 6.36. The van der Waals surface area contributed by atoms with E-state index >= 15 is 0 Å². The van der Waals surface area contributed by atoms with Gasteiger partial charge in [0.2, 0.25) is 5.91 Å². The monoisotopic (exact) mass is 263 g/mol. The lowest BCUT2D eigenvalue weighted by Gasteiger charge is -2.09. The van der Waals surface area contributed by atoms with Gasteiger partial charge in [0, 0.05) is 12.1 Å². The Morgan fingerprint density at radius 1 is 1.37 bits per heavy atom. The average Bonchev–Trinajstić information content (AvgIpc) is 2.37. The molecule has 0 saturated heterocycles. The third-order valence-electron chi connectivity index (χ3n) is 2.35. The highest BCUT2D eigenvalue weighted by atomic mass is 16.5. The summed E-state index contributed by atoms with van der Waals surface area (Å²) >= 11 is 0. The molecule has 0 aliphatic carbocycles. The zero-order chi connectivity index (χ0) is 14.3. The molecular formula is C15H21NO3. The van der Waals surface area contributed by atoms with Crippen LogP contribution in [-0.2, 0) is 4.79 Å². The van der Waals surface area contributed by atoms with Crippen molar-refractivity contribution in [2.24, 2.45) is 0 Å². The van der Waals surface area contributed by atoms with Crippen LogP contribution in [0.4, 0.5) is 0 Å². The van der Waals surface area contributed by atoms with E-state index in [2.05, 4.69) is 5.32 Å². The zero-order valence-corrected chi connectivity index (χ0v) is 11.9. The standard InChI is InChI=1S/C15H21NO3/c1-5-19-13-8-6-12(10-14(13)18-4)7-9-15(17)16-11(2)3/h6-11H,5H2,1-4H3,(H,16,17)/b9-7+. The summed E-state index contributed by atoms with van der Waals surface area (Å²) in [5.74, 6) is 1.25. The average molecular weight is 263 g/mol. The molecule has 0 aliphatic heterocycles. The first kappa shape index (κ1) is 15.1. The van der Waals surface area contributed by atoms with Crippen molar-refractivity contribution in [1.29, 1.82) is 0 Å². The second kappa shape index (κ2) is 7.46. The normalized spacial score (nSPS) is 10.8. The summed E-state index contributed by atoms with van der Waals surface area (Å²) in [6, 6.07) is 5.69. The Labute approximate surface area is 114 Å². The van der Waals surface area contributed by atoms with E-state index in [1.165, 1.54) is 6.08 Å². The molecule has 19 heavy (non-hydrogen) atoms. The van der Waals surface area contributed by atoms with E-state index in [0.29, 0.717) is 18.1 Å². The quantitative estimate of drug-likeness (QED) is 0.803. The molecule has 0 bridgehead atoms. The van der Waals surface area contributed by atoms with Crippen LogP contribution in [0.5, 0.6) is 11.5 Å². The van der Waals surface area contributed by atoms with Gasteiger partial charge < -0.3 is 14.8 Å². The number of nitrogens with one attached hydrogen (secondary N) is 1. The molecule has 0 atom stereocenters. The molecule has 1 aromatic carbocycles. The second-order valence-electron chi connectivity index (χ2n) is 4.34. The molecule has 104 valence electrons. The van der Waals surface area contributed by atoms with Crippen molar-refractivity contribution in [3.63, 3.8) is 0 Å². The maximum Gasteiger partial charge on any atom is 0.244 e. The van der Waals surface area contributed by atoms with Crippen LogP contribution in [0.3, 0.4) is 0 Å². The number of hydrogen-bond acceptors (Lipinski definition) is 3. The molecule has 0 aromatic heterocycles. The van der Waals surface area contributed by atoms with Crippen LogP contribution < -0.4 is 14.8 Å². The van der Waals surface area contributed by atoms with Crippen LogP contribution in [0.1, 0.15) is 26.3 Å². The number of benzene rings is 1. The molecule has 0 unspecified atom stereocenters. The van der Waals surface area contributed by atoms with Crippen LogP contribution in [0.25, 0.3) is 6.08 Å². The molecule has 0 radical (unpaired) electrons. The Bertz CT molecular complexity index is 453. The Hall–Kier alpha value is -1.97. The van der Waals surface area contributed by atoms with Crippen molar-refractivity contribution in [3.8, 4) is 11.5 Å². The van der Waals surface area contributed by atoms with Crippen molar-refractivity contribution in [2.45, 2.75) is 26.8 Å². The van der Waals surface area contributed by atoms with Crippen LogP contribution >= 0.6 is 0 Å². The lowest BCUT2D eigenvalue weighted by atomic mass is 10.2. The highest BCUT2D eigenvalue weighted by molar-refractivity contribution is 5.91. The van der Waals surface area contributed by atoms with E-state index in [1.54, 1.807) is 13.2 Å². The van der Waals surface area contributed by atoms with E-state index in [4.69, 9.17) is 9.47 Å². The molecule has 0 fully saturated rings. The van der Waals surface area contributed by atoms with Gasteiger partial charge in [0.15, 0.2) is 11.5 Å². The maximum absolute atomic E-state index is 11.5. The van der Waals surface area contributed by atoms with Gasteiger partial charge in [-0.2, -0.15) is 0 Å². The van der Waals surface area contributed by atoms with Crippen LogP contribution in [-0.4, -0.2) is 25.7 Å². The largest absolute Gasteiger partial charge is 0.493 e. The van der Waals surface area contributed by atoms with Gasteiger partial charge in [0.05, 0.1) is 13.7 Å². The fraction of sp³-hybridized carbons (Fsp3) is 0.400. The minimum Gasteiger partial charge on any atom is -0.493 e. The van der Waals surface area contributed by atoms with Crippen molar-refractivity contribution in [1.82, 2.24) is 5.32 Å². The first-order valence-electron chi connectivity index (χ1n) is 6.36. The van der Waals surface area contributed by atoms with Crippen molar-refractivity contribution in [3.05, 3.63) is 29.8 Å². The van der Waals surface area contributed by atoms with E-state index < -0.39 is 0 Å². The van der Waals surface area contributed by atoms with E-state index in [0.717, 1.165) is 5.56 Å². The summed E-state index contributed by atoms with van der Waals surface area (Å²) in [6.07, 6.45) is 3.26. The summed E-state index contributed by atoms with van der Waals surface area (Å²) in [5, 5.41) is 2.79. The Balaban J connectivity index is 2.79. The number of hydrogen-bond donors (Lipinski definition) is 1. The molecule has 1 rings (SSSR count). The Morgan fingerprint density at radius 3 is 2.68 bits per heavy atom. The van der Waals surface area contributed by atoms with Crippen LogP contribution in [0.2, 0.25) is 0 Å². The molecule has 1 aromatic rings. The number of methoxy groups -OCH3 is 1. The second-order valence-corrected chi connectivity index (χ2v) is 4.34. The third-order valence-corrected chi connectivity index (χ3v) is 2.35. The molecule has 0 heterocycles. The van der Waals surface area contributed by atoms with Crippen molar-refractivity contribution >= 4 is 12.0 Å². The number of rotatable bonds is 6. The molecular weight excluding hydrogens is 242 g/mol. The zero-order valence-electron chi connectivity index (χ0n) is 11.9. The minimum absolute atomic E-state index is 0.108. The number of carbonyl (C=O) groups excluding carboxylic acids is 1. The van der Waals surface area contributed by atoms with Crippen molar-refractivity contribution < 1.29 is 14.3 Å². The fourth-order valence-electron chi connectivity index (χ4n) is 1.57. The van der Waals surface area contributed by atoms with Gasteiger partial charge in [-0.05, 0) is 44.5 Å².